The molecule has 0 bridgehead atoms. The number of benzene rings is 1. The van der Waals surface area contributed by atoms with Crippen molar-refractivity contribution >= 4 is 24.0 Å². The van der Waals surface area contributed by atoms with Crippen LogP contribution in [-0.4, -0.2) is 92.6 Å². The molecule has 0 spiro atoms. The Labute approximate surface area is 299 Å². The molecule has 51 heavy (non-hydrogen) atoms. The fourth-order valence-electron chi connectivity index (χ4n) is 4.83. The van der Waals surface area contributed by atoms with Crippen LogP contribution in [0.3, 0.4) is 0 Å². The van der Waals surface area contributed by atoms with Gasteiger partial charge in [-0.15, -0.1) is 0 Å². The van der Waals surface area contributed by atoms with Crippen LogP contribution >= 0.6 is 0 Å². The van der Waals surface area contributed by atoms with Gasteiger partial charge in [0.25, 0.3) is 0 Å². The monoisotopic (exact) mass is 700 g/mol. The second kappa shape index (κ2) is 19.4. The first-order valence-electron chi connectivity index (χ1n) is 16.9. The quantitative estimate of drug-likeness (QED) is 0.194. The van der Waals surface area contributed by atoms with E-state index < -0.39 is 18.2 Å². The molecule has 0 fully saturated rings. The number of amides is 4. The first kappa shape index (κ1) is 39.7. The number of nitrogens with one attached hydrogen (secondary N) is 4. The molecule has 14 heteroatoms. The number of alkyl carbamates (subject to hydrolysis) is 2. The Balaban J connectivity index is 1.65. The van der Waals surface area contributed by atoms with E-state index in [1.807, 2.05) is 65.8 Å². The van der Waals surface area contributed by atoms with E-state index in [0.29, 0.717) is 23.0 Å². The van der Waals surface area contributed by atoms with E-state index in [0.717, 1.165) is 24.0 Å². The van der Waals surface area contributed by atoms with Crippen LogP contribution < -0.4 is 10.6 Å². The first-order chi connectivity index (χ1) is 24.4. The second-order valence-corrected chi connectivity index (χ2v) is 12.3. The highest BCUT2D eigenvalue weighted by atomic mass is 16.5. The molecular formula is C37H48N8O6. The van der Waals surface area contributed by atoms with Crippen molar-refractivity contribution < 1.29 is 28.7 Å². The first-order valence-corrected chi connectivity index (χ1v) is 16.9. The molecule has 0 aliphatic rings. The number of ether oxygens (including phenoxy) is 2. The number of methoxy groups -OCH3 is 2. The lowest BCUT2D eigenvalue weighted by Gasteiger charge is -2.33. The van der Waals surface area contributed by atoms with Gasteiger partial charge in [-0.05, 0) is 68.7 Å². The number of H-pyrrole nitrogens is 2. The van der Waals surface area contributed by atoms with Crippen LogP contribution in [0.4, 0.5) is 9.59 Å². The molecule has 14 nitrogen and oxygen atoms in total. The highest BCUT2D eigenvalue weighted by Gasteiger charge is 2.31. The number of carbonyl (C=O) groups is 4. The number of aromatic amines is 2. The van der Waals surface area contributed by atoms with Crippen molar-refractivity contribution in [3.63, 3.8) is 0 Å². The Morgan fingerprint density at radius 3 is 1.67 bits per heavy atom. The minimum Gasteiger partial charge on any atom is -0.453 e. The number of rotatable bonds is 13. The molecule has 4 N–H and O–H groups in total. The fraction of sp³-hybridized carbons (Fsp3) is 0.459. The fourth-order valence-corrected chi connectivity index (χ4v) is 4.83. The Bertz CT molecular complexity index is 1760. The van der Waals surface area contributed by atoms with E-state index in [1.54, 1.807) is 22.2 Å². The molecule has 3 rings (SSSR count). The van der Waals surface area contributed by atoms with Crippen molar-refractivity contribution in [3.8, 4) is 23.7 Å². The summed E-state index contributed by atoms with van der Waals surface area (Å²) < 4.78 is 9.27. The zero-order chi connectivity index (χ0) is 37.5. The molecule has 4 amide bonds. The van der Waals surface area contributed by atoms with Crippen molar-refractivity contribution in [3.05, 3.63) is 70.8 Å². The maximum atomic E-state index is 13.5. The molecule has 3 atom stereocenters. The number of nitrogens with zero attached hydrogens (tertiary/aromatic N) is 4. The summed E-state index contributed by atoms with van der Waals surface area (Å²) >= 11 is 0. The lowest BCUT2D eigenvalue weighted by molar-refractivity contribution is -0.137. The normalized spacial score (nSPS) is 12.3. The number of hydrogen-bond donors (Lipinski definition) is 4. The van der Waals surface area contributed by atoms with Crippen LogP contribution in [0.5, 0.6) is 0 Å². The number of carbonyl (C=O) groups excluding carboxylic acids is 4. The summed E-state index contributed by atoms with van der Waals surface area (Å²) in [4.78, 5) is 68.1. The molecular weight excluding hydrogens is 652 g/mol. The Kier molecular flexibility index (Phi) is 15.1. The number of aromatic nitrogens is 4. The maximum absolute atomic E-state index is 13.5. The minimum absolute atomic E-state index is 0.0648. The van der Waals surface area contributed by atoms with Crippen LogP contribution in [0.1, 0.15) is 88.5 Å². The van der Waals surface area contributed by atoms with Crippen LogP contribution in [0, 0.1) is 29.6 Å². The molecule has 2 heterocycles. The molecule has 0 unspecified atom stereocenters. The van der Waals surface area contributed by atoms with Gasteiger partial charge in [-0.2, -0.15) is 0 Å². The van der Waals surface area contributed by atoms with Gasteiger partial charge in [-0.3, -0.25) is 9.59 Å². The summed E-state index contributed by atoms with van der Waals surface area (Å²) in [5.41, 5.74) is 2.76. The Hall–Kier alpha value is -5.76. The summed E-state index contributed by atoms with van der Waals surface area (Å²) in [6.45, 7) is 11.9. The van der Waals surface area contributed by atoms with Gasteiger partial charge in [-0.1, -0.05) is 39.5 Å². The third kappa shape index (κ3) is 12.0. The third-order valence-corrected chi connectivity index (χ3v) is 8.28. The SMILES string of the molecule is CC[C@H](C)N(Cc1ncc(C#Cc2ccc(C#Cc3cnc(CN(C(=O)[C@@H](NC(=O)OC)C(C)C)[C@@H](C)CC)[nH]3)cc2)[nH]1)C(=O)CNC(=O)OC. The molecule has 0 aliphatic heterocycles. The van der Waals surface area contributed by atoms with Crippen molar-refractivity contribution in [2.24, 2.45) is 5.92 Å². The average Bonchev–Trinajstić information content (AvgIpc) is 3.80. The predicted molar refractivity (Wildman–Crippen MR) is 191 cm³/mol. The summed E-state index contributed by atoms with van der Waals surface area (Å²) in [6.07, 6.45) is 3.38. The van der Waals surface area contributed by atoms with E-state index in [-0.39, 0.29) is 49.5 Å². The lowest BCUT2D eigenvalue weighted by Crippen LogP contribution is -2.53. The van der Waals surface area contributed by atoms with Gasteiger partial charge in [0.1, 0.15) is 35.6 Å². The largest absolute Gasteiger partial charge is 0.453 e. The highest BCUT2D eigenvalue weighted by molar-refractivity contribution is 5.86. The Morgan fingerprint density at radius 2 is 1.22 bits per heavy atom. The Morgan fingerprint density at radius 1 is 0.745 bits per heavy atom. The molecule has 0 saturated heterocycles. The van der Waals surface area contributed by atoms with Gasteiger partial charge in [0.05, 0.1) is 39.7 Å². The molecule has 272 valence electrons. The standard InChI is InChI=1S/C37H48N8O6/c1-9-25(5)44(33(46)21-40-36(48)50-7)22-31-38-19-29(41-31)17-15-27-11-13-28(14-12-27)16-18-30-20-39-32(42-30)23-45(26(6)10-2)35(47)34(24(3)4)43-37(49)51-8/h11-14,19-20,24-26,34H,9-10,21-23H2,1-8H3,(H,38,41)(H,39,42)(H,40,48)(H,43,49)/t25-,26-,34-/m0/s1. The second-order valence-electron chi connectivity index (χ2n) is 12.3. The van der Waals surface area contributed by atoms with Gasteiger partial charge >= 0.3 is 12.2 Å². The predicted octanol–water partition coefficient (Wildman–Crippen LogP) is 3.92. The lowest BCUT2D eigenvalue weighted by atomic mass is 10.0. The van der Waals surface area contributed by atoms with Crippen LogP contribution in [0.15, 0.2) is 36.7 Å². The molecule has 0 aliphatic carbocycles. The van der Waals surface area contributed by atoms with Gasteiger partial charge in [0.15, 0.2) is 0 Å². The average molecular weight is 701 g/mol. The van der Waals surface area contributed by atoms with Crippen molar-refractivity contribution in [2.75, 3.05) is 20.8 Å². The minimum atomic E-state index is -0.739. The molecule has 0 saturated carbocycles. The van der Waals surface area contributed by atoms with Crippen LogP contribution in [0.2, 0.25) is 0 Å². The summed E-state index contributed by atoms with van der Waals surface area (Å²) in [7, 11) is 2.51. The van der Waals surface area contributed by atoms with E-state index in [1.165, 1.54) is 14.2 Å². The zero-order valence-corrected chi connectivity index (χ0v) is 30.5. The van der Waals surface area contributed by atoms with Gasteiger partial charge < -0.3 is 39.9 Å². The van der Waals surface area contributed by atoms with Crippen molar-refractivity contribution in [1.29, 1.82) is 0 Å². The molecule has 2 aromatic heterocycles. The summed E-state index contributed by atoms with van der Waals surface area (Å²) in [5.74, 6) is 12.9. The zero-order valence-electron chi connectivity index (χ0n) is 30.5. The van der Waals surface area contributed by atoms with Gasteiger partial charge in [0, 0.05) is 23.2 Å². The van der Waals surface area contributed by atoms with Gasteiger partial charge in [0.2, 0.25) is 11.8 Å². The summed E-state index contributed by atoms with van der Waals surface area (Å²) in [5, 5.41) is 5.08. The smallest absolute Gasteiger partial charge is 0.407 e. The number of hydrogen-bond acceptors (Lipinski definition) is 8. The van der Waals surface area contributed by atoms with E-state index in [4.69, 9.17) is 4.74 Å². The van der Waals surface area contributed by atoms with Gasteiger partial charge in [-0.25, -0.2) is 19.6 Å². The highest BCUT2D eigenvalue weighted by Crippen LogP contribution is 2.15. The molecule has 3 aromatic rings. The topological polar surface area (TPSA) is 175 Å². The van der Waals surface area contributed by atoms with Crippen LogP contribution in [-0.2, 0) is 32.2 Å². The third-order valence-electron chi connectivity index (χ3n) is 8.28. The summed E-state index contributed by atoms with van der Waals surface area (Å²) in [6, 6.07) is 6.58. The molecule has 0 radical (unpaired) electrons. The number of imidazole rings is 2. The van der Waals surface area contributed by atoms with Crippen LogP contribution in [0.25, 0.3) is 0 Å². The van der Waals surface area contributed by atoms with Crippen molar-refractivity contribution in [2.45, 2.75) is 85.6 Å². The van der Waals surface area contributed by atoms with E-state index in [2.05, 4.69) is 59.0 Å². The maximum Gasteiger partial charge on any atom is 0.407 e. The van der Waals surface area contributed by atoms with E-state index in [9.17, 15) is 19.2 Å². The van der Waals surface area contributed by atoms with E-state index >= 15 is 0 Å². The molecule has 1 aromatic carbocycles. The van der Waals surface area contributed by atoms with Crippen molar-refractivity contribution in [1.82, 2.24) is 40.4 Å².